The average molecular weight is 643 g/mol. The molecule has 46 heavy (non-hydrogen) atoms. The molecule has 7 unspecified atom stereocenters. The van der Waals surface area contributed by atoms with Gasteiger partial charge in [-0.3, -0.25) is 4.79 Å². The average Bonchev–Trinajstić information content (AvgIpc) is 3.10. The van der Waals surface area contributed by atoms with E-state index in [1.165, 1.54) is 18.6 Å². The van der Waals surface area contributed by atoms with Gasteiger partial charge in [0.05, 0.1) is 11.5 Å². The lowest BCUT2D eigenvalue weighted by Gasteiger charge is -2.59. The predicted molar refractivity (Wildman–Crippen MR) is 162 cm³/mol. The molecule has 9 fully saturated rings. The van der Waals surface area contributed by atoms with Gasteiger partial charge >= 0.3 is 29.8 Å². The summed E-state index contributed by atoms with van der Waals surface area (Å²) in [6.45, 7) is 14.0. The molecule has 252 valence electrons. The first-order chi connectivity index (χ1) is 21.6. The van der Waals surface area contributed by atoms with E-state index in [-0.39, 0.29) is 42.1 Å². The molecule has 0 aromatic heterocycles. The zero-order valence-electron chi connectivity index (χ0n) is 26.8. The molecular weight excluding hydrogens is 596 g/mol. The Morgan fingerprint density at radius 1 is 0.761 bits per heavy atom. The fraction of sp³-hybridized carbons (Fsp3) is 0.686. The third-order valence-corrected chi connectivity index (χ3v) is 10.6. The molecule has 0 radical (unpaired) electrons. The number of hydrogen-bond acceptors (Lipinski definition) is 11. The Kier molecular flexibility index (Phi) is 9.29. The summed E-state index contributed by atoms with van der Waals surface area (Å²) < 4.78 is 26.1. The summed E-state index contributed by atoms with van der Waals surface area (Å²) in [5, 5.41) is 10.4. The molecular formula is C35H46O11. The van der Waals surface area contributed by atoms with Gasteiger partial charge in [-0.05, 0) is 69.1 Å². The van der Waals surface area contributed by atoms with Crippen LogP contribution in [0, 0.1) is 29.1 Å². The van der Waals surface area contributed by atoms with Crippen LogP contribution in [0.15, 0.2) is 38.0 Å². The number of fused-ring (bicyclic) bond motifs is 1. The van der Waals surface area contributed by atoms with Crippen LogP contribution in [-0.2, 0) is 47.7 Å². The molecule has 3 heterocycles. The molecule has 6 aliphatic carbocycles. The quantitative estimate of drug-likeness (QED) is 0.254. The second-order valence-corrected chi connectivity index (χ2v) is 15.1. The highest BCUT2D eigenvalue weighted by atomic mass is 16.6. The highest BCUT2D eigenvalue weighted by molar-refractivity contribution is 5.86. The highest BCUT2D eigenvalue weighted by Gasteiger charge is 2.59. The van der Waals surface area contributed by atoms with Gasteiger partial charge in [-0.25, -0.2) is 19.2 Å². The van der Waals surface area contributed by atoms with E-state index in [4.69, 9.17) is 23.7 Å². The molecule has 8 bridgehead atoms. The Labute approximate surface area is 269 Å². The highest BCUT2D eigenvalue weighted by Crippen LogP contribution is 2.59. The van der Waals surface area contributed by atoms with Gasteiger partial charge in [0.2, 0.25) is 6.10 Å². The summed E-state index contributed by atoms with van der Waals surface area (Å²) in [4.78, 5) is 56.5. The molecule has 0 aromatic rings. The van der Waals surface area contributed by atoms with E-state index in [9.17, 15) is 29.1 Å². The number of ether oxygens (including phenoxy) is 5. The van der Waals surface area contributed by atoms with Crippen molar-refractivity contribution in [3.8, 4) is 0 Å². The zero-order valence-corrected chi connectivity index (χ0v) is 26.8. The van der Waals surface area contributed by atoms with Crippen LogP contribution in [0.25, 0.3) is 0 Å². The number of carbonyl (C=O) groups is 5. The lowest BCUT2D eigenvalue weighted by Crippen LogP contribution is -2.60. The van der Waals surface area contributed by atoms with E-state index in [2.05, 4.69) is 19.7 Å². The summed E-state index contributed by atoms with van der Waals surface area (Å²) in [6.07, 6.45) is 12.1. The lowest BCUT2D eigenvalue weighted by atomic mass is 9.52. The second kappa shape index (κ2) is 12.6. The van der Waals surface area contributed by atoms with Crippen molar-refractivity contribution in [3.05, 3.63) is 38.0 Å². The molecule has 7 atom stereocenters. The number of carbonyl (C=O) groups excluding carboxylic acids is 5. The zero-order chi connectivity index (χ0) is 33.5. The fourth-order valence-corrected chi connectivity index (χ4v) is 9.36. The normalized spacial score (nSPS) is 40.0. The number of cyclic esters (lactones) is 1. The maximum Gasteiger partial charge on any atom is 0.348 e. The number of hydrogen-bond donors (Lipinski definition) is 1. The minimum absolute atomic E-state index is 0.0636. The van der Waals surface area contributed by atoms with Crippen molar-refractivity contribution in [2.45, 2.75) is 113 Å². The van der Waals surface area contributed by atoms with Gasteiger partial charge in [0.15, 0.2) is 0 Å². The number of aliphatic hydroxyl groups is 1. The molecule has 11 heteroatoms. The molecule has 0 amide bonds. The second-order valence-electron chi connectivity index (χ2n) is 15.1. The molecule has 3 aliphatic heterocycles. The SMILES string of the molecule is C=CC(=O)OC12CC3CC(C1)OC(=O)C(C3)C2.C=CC(=O)OC12CC3CC(CC(O)(C3)C1)C2.C=CC(=O)OC1C(=O)OCC1(C)C. The van der Waals surface area contributed by atoms with Crippen molar-refractivity contribution in [2.24, 2.45) is 29.1 Å². The van der Waals surface area contributed by atoms with Crippen LogP contribution in [0.4, 0.5) is 0 Å². The van der Waals surface area contributed by atoms with Crippen LogP contribution in [0.5, 0.6) is 0 Å². The Morgan fingerprint density at radius 3 is 1.89 bits per heavy atom. The summed E-state index contributed by atoms with van der Waals surface area (Å²) in [7, 11) is 0. The van der Waals surface area contributed by atoms with Crippen molar-refractivity contribution in [1.82, 2.24) is 0 Å². The Hall–Kier alpha value is -3.47. The van der Waals surface area contributed by atoms with E-state index in [0.29, 0.717) is 37.0 Å². The summed E-state index contributed by atoms with van der Waals surface area (Å²) in [5.74, 6) is -0.459. The van der Waals surface area contributed by atoms with Crippen LogP contribution >= 0.6 is 0 Å². The Morgan fingerprint density at radius 2 is 1.35 bits per heavy atom. The van der Waals surface area contributed by atoms with Crippen molar-refractivity contribution < 1.29 is 52.8 Å². The molecule has 9 rings (SSSR count). The number of esters is 5. The summed E-state index contributed by atoms with van der Waals surface area (Å²) in [6, 6.07) is 0. The third-order valence-electron chi connectivity index (χ3n) is 10.6. The van der Waals surface area contributed by atoms with E-state index in [1.807, 2.05) is 0 Å². The molecule has 9 aliphatic rings. The van der Waals surface area contributed by atoms with Crippen LogP contribution in [-0.4, -0.2) is 70.6 Å². The van der Waals surface area contributed by atoms with Crippen LogP contribution in [0.2, 0.25) is 0 Å². The van der Waals surface area contributed by atoms with Crippen LogP contribution in [0.1, 0.15) is 84.5 Å². The molecule has 0 aromatic carbocycles. The topological polar surface area (TPSA) is 152 Å². The monoisotopic (exact) mass is 642 g/mol. The predicted octanol–water partition coefficient (Wildman–Crippen LogP) is 4.06. The van der Waals surface area contributed by atoms with Gasteiger partial charge < -0.3 is 28.8 Å². The van der Waals surface area contributed by atoms with Gasteiger partial charge in [-0.15, -0.1) is 0 Å². The summed E-state index contributed by atoms with van der Waals surface area (Å²) in [5.41, 5.74) is -1.88. The smallest absolute Gasteiger partial charge is 0.348 e. The van der Waals surface area contributed by atoms with Crippen molar-refractivity contribution >= 4 is 29.8 Å². The molecule has 0 spiro atoms. The van der Waals surface area contributed by atoms with E-state index < -0.39 is 34.7 Å². The van der Waals surface area contributed by atoms with E-state index in [1.54, 1.807) is 13.8 Å². The maximum absolute atomic E-state index is 11.8. The Bertz CT molecular complexity index is 1280. The standard InChI is InChI=1S/C13H16O4.C13H18O3.C9H12O4/c1-2-11(14)17-13-5-8-3-9(6-13)12(15)16-10(4-8)7-13;1-2-11(14)16-13-6-9-3-10(7-13)5-12(15,4-9)8-13;1-4-6(10)13-7-8(11)12-5-9(7,2)3/h2,8-10H,1,3-7H2;2,9-10,15H,1,3-8H2;4,7H,1,5H2,2-3H3. The molecule has 6 saturated carbocycles. The molecule has 3 saturated heterocycles. The van der Waals surface area contributed by atoms with E-state index in [0.717, 1.165) is 51.0 Å². The van der Waals surface area contributed by atoms with E-state index >= 15 is 0 Å². The van der Waals surface area contributed by atoms with Gasteiger partial charge in [0, 0.05) is 42.9 Å². The minimum Gasteiger partial charge on any atom is -0.462 e. The van der Waals surface area contributed by atoms with Crippen LogP contribution < -0.4 is 0 Å². The first kappa shape index (κ1) is 33.9. The third kappa shape index (κ3) is 7.24. The van der Waals surface area contributed by atoms with Crippen LogP contribution in [0.3, 0.4) is 0 Å². The van der Waals surface area contributed by atoms with Crippen molar-refractivity contribution in [2.75, 3.05) is 6.61 Å². The van der Waals surface area contributed by atoms with Gasteiger partial charge in [-0.1, -0.05) is 33.6 Å². The molecule has 11 nitrogen and oxygen atoms in total. The Balaban J connectivity index is 0.000000137. The minimum atomic E-state index is -0.807. The lowest BCUT2D eigenvalue weighted by molar-refractivity contribution is -0.216. The van der Waals surface area contributed by atoms with Gasteiger partial charge in [0.1, 0.15) is 23.9 Å². The van der Waals surface area contributed by atoms with Gasteiger partial charge in [-0.2, -0.15) is 0 Å². The summed E-state index contributed by atoms with van der Waals surface area (Å²) >= 11 is 0. The fourth-order valence-electron chi connectivity index (χ4n) is 9.36. The molecule has 1 N–H and O–H groups in total. The first-order valence-corrected chi connectivity index (χ1v) is 16.2. The van der Waals surface area contributed by atoms with Crippen molar-refractivity contribution in [1.29, 1.82) is 0 Å². The van der Waals surface area contributed by atoms with Gasteiger partial charge in [0.25, 0.3) is 0 Å². The first-order valence-electron chi connectivity index (χ1n) is 16.2. The maximum atomic E-state index is 11.8. The number of rotatable bonds is 6. The largest absolute Gasteiger partial charge is 0.462 e. The van der Waals surface area contributed by atoms with Crippen molar-refractivity contribution in [3.63, 3.8) is 0 Å².